The number of hydrogen-bond donors (Lipinski definition) is 1. The third kappa shape index (κ3) is 2.83. The van der Waals surface area contributed by atoms with E-state index in [0.717, 1.165) is 18.6 Å². The van der Waals surface area contributed by atoms with Crippen molar-refractivity contribution >= 4 is 0 Å². The molecule has 2 atom stereocenters. The number of aliphatic hydroxyl groups is 1. The fraction of sp³-hybridized carbons (Fsp3) is 0.571. The molecule has 2 unspecified atom stereocenters. The summed E-state index contributed by atoms with van der Waals surface area (Å²) < 4.78 is 5.12. The van der Waals surface area contributed by atoms with Crippen molar-refractivity contribution in [2.75, 3.05) is 6.61 Å². The van der Waals surface area contributed by atoms with Crippen LogP contribution in [0.4, 0.5) is 0 Å². The molecule has 1 aliphatic rings. The van der Waals surface area contributed by atoms with E-state index in [0.29, 0.717) is 0 Å². The van der Waals surface area contributed by atoms with Crippen LogP contribution in [0.5, 0.6) is 0 Å². The summed E-state index contributed by atoms with van der Waals surface area (Å²) in [7, 11) is 0. The molecular formula is C14H20O2. The summed E-state index contributed by atoms with van der Waals surface area (Å²) in [4.78, 5) is 0. The first kappa shape index (κ1) is 11.6. The summed E-state index contributed by atoms with van der Waals surface area (Å²) in [6.07, 6.45) is 0.605. The average molecular weight is 220 g/mol. The van der Waals surface area contributed by atoms with Gasteiger partial charge in [0.2, 0.25) is 0 Å². The minimum Gasteiger partial charge on any atom is -0.388 e. The van der Waals surface area contributed by atoms with E-state index in [2.05, 4.69) is 32.9 Å². The molecule has 1 aliphatic heterocycles. The van der Waals surface area contributed by atoms with Crippen LogP contribution in [0.25, 0.3) is 0 Å². The molecule has 2 rings (SSSR count). The molecule has 0 aliphatic carbocycles. The van der Waals surface area contributed by atoms with E-state index in [1.165, 1.54) is 5.56 Å². The van der Waals surface area contributed by atoms with Crippen molar-refractivity contribution in [2.45, 2.75) is 44.8 Å². The molecule has 88 valence electrons. The molecule has 2 nitrogen and oxygen atoms in total. The highest BCUT2D eigenvalue weighted by atomic mass is 16.6. The van der Waals surface area contributed by atoms with Gasteiger partial charge in [0, 0.05) is 6.42 Å². The minimum absolute atomic E-state index is 0.170. The lowest BCUT2D eigenvalue weighted by Gasteiger charge is -2.20. The van der Waals surface area contributed by atoms with E-state index in [1.54, 1.807) is 0 Å². The van der Waals surface area contributed by atoms with Crippen LogP contribution in [-0.4, -0.2) is 17.8 Å². The number of hydrogen-bond acceptors (Lipinski definition) is 2. The smallest absolute Gasteiger partial charge is 0.0837 e. The summed E-state index contributed by atoms with van der Waals surface area (Å²) in [6, 6.07) is 8.25. The fourth-order valence-electron chi connectivity index (χ4n) is 1.79. The van der Waals surface area contributed by atoms with Crippen LogP contribution in [0.15, 0.2) is 24.3 Å². The summed E-state index contributed by atoms with van der Waals surface area (Å²) >= 11 is 0. The monoisotopic (exact) mass is 220 g/mol. The van der Waals surface area contributed by atoms with Gasteiger partial charge in [0.25, 0.3) is 0 Å². The first-order valence-electron chi connectivity index (χ1n) is 5.87. The van der Waals surface area contributed by atoms with Gasteiger partial charge in [-0.3, -0.25) is 0 Å². The average Bonchev–Trinajstić information content (AvgIpc) is 3.00. The molecule has 0 spiro atoms. The van der Waals surface area contributed by atoms with Crippen molar-refractivity contribution < 1.29 is 9.84 Å². The molecule has 2 heteroatoms. The second-order valence-corrected chi connectivity index (χ2v) is 5.58. The maximum absolute atomic E-state index is 9.94. The molecule has 0 amide bonds. The lowest BCUT2D eigenvalue weighted by molar-refractivity contribution is 0.154. The van der Waals surface area contributed by atoms with Crippen molar-refractivity contribution in [1.82, 2.24) is 0 Å². The van der Waals surface area contributed by atoms with Crippen molar-refractivity contribution in [3.63, 3.8) is 0 Å². The van der Waals surface area contributed by atoms with E-state index < -0.39 is 0 Å². The number of ether oxygens (including phenoxy) is 1. The van der Waals surface area contributed by atoms with Crippen LogP contribution < -0.4 is 0 Å². The molecule has 0 saturated carbocycles. The first-order chi connectivity index (χ1) is 7.47. The van der Waals surface area contributed by atoms with E-state index >= 15 is 0 Å². The molecule has 1 saturated heterocycles. The molecule has 1 aromatic carbocycles. The van der Waals surface area contributed by atoms with Crippen molar-refractivity contribution in [3.05, 3.63) is 35.4 Å². The lowest BCUT2D eigenvalue weighted by Crippen LogP contribution is -2.11. The number of aliphatic hydroxyl groups excluding tert-OH is 1. The number of benzene rings is 1. The van der Waals surface area contributed by atoms with Crippen LogP contribution in [0.3, 0.4) is 0 Å². The Morgan fingerprint density at radius 3 is 2.31 bits per heavy atom. The topological polar surface area (TPSA) is 32.8 Å². The highest BCUT2D eigenvalue weighted by Crippen LogP contribution is 2.28. The normalized spacial score (nSPS) is 21.9. The summed E-state index contributed by atoms with van der Waals surface area (Å²) in [5, 5.41) is 9.94. The van der Waals surface area contributed by atoms with Gasteiger partial charge in [0.05, 0.1) is 18.8 Å². The Morgan fingerprint density at radius 2 is 1.88 bits per heavy atom. The zero-order chi connectivity index (χ0) is 11.8. The van der Waals surface area contributed by atoms with Crippen LogP contribution in [0.2, 0.25) is 0 Å². The first-order valence-corrected chi connectivity index (χ1v) is 5.87. The Bertz CT molecular complexity index is 344. The maximum Gasteiger partial charge on any atom is 0.0837 e. The van der Waals surface area contributed by atoms with Gasteiger partial charge in [0.15, 0.2) is 0 Å². The molecule has 1 heterocycles. The SMILES string of the molecule is CC(C)(C)c1ccc(C(O)CC2CO2)cc1. The van der Waals surface area contributed by atoms with Crippen molar-refractivity contribution in [3.8, 4) is 0 Å². The molecule has 1 N–H and O–H groups in total. The van der Waals surface area contributed by atoms with Gasteiger partial charge in [-0.25, -0.2) is 0 Å². The molecule has 0 aromatic heterocycles. The summed E-state index contributed by atoms with van der Waals surface area (Å²) in [5.41, 5.74) is 2.46. The van der Waals surface area contributed by atoms with Crippen LogP contribution >= 0.6 is 0 Å². The molecule has 0 radical (unpaired) electrons. The predicted octanol–water partition coefficient (Wildman–Crippen LogP) is 2.81. The summed E-state index contributed by atoms with van der Waals surface area (Å²) in [5.74, 6) is 0. The highest BCUT2D eigenvalue weighted by Gasteiger charge is 2.26. The van der Waals surface area contributed by atoms with Crippen LogP contribution in [0.1, 0.15) is 44.4 Å². The van der Waals surface area contributed by atoms with Gasteiger partial charge >= 0.3 is 0 Å². The van der Waals surface area contributed by atoms with Gasteiger partial charge < -0.3 is 9.84 Å². The minimum atomic E-state index is -0.387. The number of epoxide rings is 1. The zero-order valence-corrected chi connectivity index (χ0v) is 10.2. The second kappa shape index (κ2) is 4.19. The predicted molar refractivity (Wildman–Crippen MR) is 64.5 cm³/mol. The quantitative estimate of drug-likeness (QED) is 0.794. The zero-order valence-electron chi connectivity index (χ0n) is 10.2. The molecule has 1 fully saturated rings. The Labute approximate surface area is 97.3 Å². The van der Waals surface area contributed by atoms with Crippen LogP contribution in [-0.2, 0) is 10.2 Å². The maximum atomic E-state index is 9.94. The Balaban J connectivity index is 2.05. The lowest BCUT2D eigenvalue weighted by atomic mass is 9.86. The molecule has 1 aromatic rings. The molecule has 16 heavy (non-hydrogen) atoms. The van der Waals surface area contributed by atoms with E-state index in [1.807, 2.05) is 12.1 Å². The third-order valence-corrected chi connectivity index (χ3v) is 3.05. The Kier molecular flexibility index (Phi) is 3.04. The number of rotatable bonds is 3. The van der Waals surface area contributed by atoms with Crippen molar-refractivity contribution in [1.29, 1.82) is 0 Å². The van der Waals surface area contributed by atoms with Gasteiger partial charge in [0.1, 0.15) is 0 Å². The summed E-state index contributed by atoms with van der Waals surface area (Å²) in [6.45, 7) is 7.38. The van der Waals surface area contributed by atoms with Gasteiger partial charge in [-0.05, 0) is 16.5 Å². The Morgan fingerprint density at radius 1 is 1.31 bits per heavy atom. The highest BCUT2D eigenvalue weighted by molar-refractivity contribution is 5.28. The largest absolute Gasteiger partial charge is 0.388 e. The fourth-order valence-corrected chi connectivity index (χ4v) is 1.79. The van der Waals surface area contributed by atoms with E-state index in [9.17, 15) is 5.11 Å². The second-order valence-electron chi connectivity index (χ2n) is 5.58. The van der Waals surface area contributed by atoms with Gasteiger partial charge in [-0.15, -0.1) is 0 Å². The third-order valence-electron chi connectivity index (χ3n) is 3.05. The van der Waals surface area contributed by atoms with Crippen LogP contribution in [0, 0.1) is 0 Å². The Hall–Kier alpha value is -0.860. The standard InChI is InChI=1S/C14H20O2/c1-14(2,3)11-6-4-10(5-7-11)13(15)8-12-9-16-12/h4-7,12-13,15H,8-9H2,1-3H3. The van der Waals surface area contributed by atoms with E-state index in [4.69, 9.17) is 4.74 Å². The van der Waals surface area contributed by atoms with Gasteiger partial charge in [-0.1, -0.05) is 45.0 Å². The molecule has 0 bridgehead atoms. The van der Waals surface area contributed by atoms with E-state index in [-0.39, 0.29) is 17.6 Å². The van der Waals surface area contributed by atoms with Gasteiger partial charge in [-0.2, -0.15) is 0 Å². The van der Waals surface area contributed by atoms with Crippen molar-refractivity contribution in [2.24, 2.45) is 0 Å². The molecular weight excluding hydrogens is 200 g/mol.